The van der Waals surface area contributed by atoms with E-state index in [9.17, 15) is 18.0 Å². The fourth-order valence-corrected chi connectivity index (χ4v) is 3.48. The molecule has 1 N–H and O–H groups in total. The molecule has 7 nitrogen and oxygen atoms in total. The summed E-state index contributed by atoms with van der Waals surface area (Å²) in [6.45, 7) is 1.64. The fourth-order valence-electron chi connectivity index (χ4n) is 3.48. The van der Waals surface area contributed by atoms with E-state index in [-0.39, 0.29) is 32.2 Å². The highest BCUT2D eigenvalue weighted by molar-refractivity contribution is 5.68. The van der Waals surface area contributed by atoms with Crippen molar-refractivity contribution in [1.29, 1.82) is 0 Å². The minimum Gasteiger partial charge on any atom is -0.434 e. The van der Waals surface area contributed by atoms with Crippen molar-refractivity contribution in [3.63, 3.8) is 0 Å². The van der Waals surface area contributed by atoms with Gasteiger partial charge in [-0.2, -0.15) is 18.3 Å². The van der Waals surface area contributed by atoms with Gasteiger partial charge in [-0.3, -0.25) is 4.68 Å². The summed E-state index contributed by atoms with van der Waals surface area (Å²) >= 11 is 0. The minimum absolute atomic E-state index is 0. The monoisotopic (exact) mass is 393 g/mol. The van der Waals surface area contributed by atoms with Gasteiger partial charge in [0.25, 0.3) is 0 Å². The van der Waals surface area contributed by atoms with E-state index in [2.05, 4.69) is 9.84 Å². The van der Waals surface area contributed by atoms with Crippen LogP contribution in [0.25, 0.3) is 0 Å². The number of hydrogen-bond donors (Lipinski definition) is 1. The zero-order valence-electron chi connectivity index (χ0n) is 14.4. The van der Waals surface area contributed by atoms with E-state index in [4.69, 9.17) is 9.84 Å². The second-order valence-electron chi connectivity index (χ2n) is 6.87. The third-order valence-electron chi connectivity index (χ3n) is 5.01. The van der Waals surface area contributed by atoms with Crippen molar-refractivity contribution < 1.29 is 32.5 Å². The van der Waals surface area contributed by atoms with Crippen LogP contribution in [0.15, 0.2) is 12.3 Å². The van der Waals surface area contributed by atoms with E-state index in [0.717, 1.165) is 12.1 Å². The molecule has 2 fully saturated rings. The van der Waals surface area contributed by atoms with Gasteiger partial charge in [0.15, 0.2) is 0 Å². The summed E-state index contributed by atoms with van der Waals surface area (Å²) in [5, 5.41) is 13.2. The molecule has 3 heterocycles. The highest BCUT2D eigenvalue weighted by Gasteiger charge is 2.46. The Labute approximate surface area is 156 Å². The van der Waals surface area contributed by atoms with E-state index in [1.807, 2.05) is 23.9 Å². The van der Waals surface area contributed by atoms with Gasteiger partial charge in [-0.15, -0.1) is 0 Å². The Bertz CT molecular complexity index is 642. The van der Waals surface area contributed by atoms with Crippen LogP contribution in [0.2, 0.25) is 0 Å². The lowest BCUT2D eigenvalue weighted by Crippen LogP contribution is -2.49. The molecule has 1 aromatic heterocycles. The van der Waals surface area contributed by atoms with Crippen LogP contribution >= 0.6 is 0 Å². The SMILES string of the molecule is C.Cc1ccn(C2COC3(CCN(C(=O)O[C@H](CO)C(F)(F)F)CC3)C2)n1. The molecule has 2 atom stereocenters. The number of carbonyl (C=O) groups excluding carboxylic acids is 1. The Morgan fingerprint density at radius 1 is 1.48 bits per heavy atom. The number of amides is 1. The highest BCUT2D eigenvalue weighted by Crippen LogP contribution is 2.40. The van der Waals surface area contributed by atoms with Crippen molar-refractivity contribution >= 4 is 6.09 Å². The largest absolute Gasteiger partial charge is 0.434 e. The second kappa shape index (κ2) is 8.05. The number of aryl methyl sites for hydroxylation is 1. The van der Waals surface area contributed by atoms with Gasteiger partial charge in [-0.05, 0) is 25.8 Å². The molecule has 154 valence electrons. The van der Waals surface area contributed by atoms with E-state index in [1.54, 1.807) is 0 Å². The van der Waals surface area contributed by atoms with Crippen molar-refractivity contribution in [3.8, 4) is 0 Å². The number of hydrogen-bond acceptors (Lipinski definition) is 5. The normalized spacial score (nSPS) is 23.1. The molecule has 10 heteroatoms. The van der Waals surface area contributed by atoms with Gasteiger partial charge in [0.05, 0.1) is 30.6 Å². The molecule has 0 aliphatic carbocycles. The van der Waals surface area contributed by atoms with Crippen molar-refractivity contribution in [3.05, 3.63) is 18.0 Å². The maximum absolute atomic E-state index is 12.6. The number of carbonyl (C=O) groups is 1. The molecule has 27 heavy (non-hydrogen) atoms. The van der Waals surface area contributed by atoms with Gasteiger partial charge in [0, 0.05) is 25.7 Å². The summed E-state index contributed by atoms with van der Waals surface area (Å²) in [4.78, 5) is 13.2. The molecule has 2 aliphatic heterocycles. The Balaban J connectivity index is 0.00000261. The molecule has 0 bridgehead atoms. The van der Waals surface area contributed by atoms with Crippen molar-refractivity contribution in [2.75, 3.05) is 26.3 Å². The van der Waals surface area contributed by atoms with Crippen LogP contribution in [0.1, 0.15) is 38.4 Å². The van der Waals surface area contributed by atoms with Crippen LogP contribution in [0.3, 0.4) is 0 Å². The Hall–Kier alpha value is -1.81. The lowest BCUT2D eigenvalue weighted by atomic mass is 9.87. The smallest absolute Gasteiger partial charge is 0.427 e. The van der Waals surface area contributed by atoms with E-state index in [0.29, 0.717) is 19.4 Å². The number of halogens is 3. The maximum Gasteiger partial charge on any atom is 0.427 e. The van der Waals surface area contributed by atoms with Gasteiger partial charge in [-0.25, -0.2) is 4.79 Å². The molecule has 1 amide bonds. The number of likely N-dealkylation sites (tertiary alicyclic amines) is 1. The summed E-state index contributed by atoms with van der Waals surface area (Å²) in [6.07, 6.45) is -4.65. The van der Waals surface area contributed by atoms with Gasteiger partial charge in [0.1, 0.15) is 0 Å². The molecule has 1 aromatic rings. The molecule has 2 saturated heterocycles. The lowest BCUT2D eigenvalue weighted by Gasteiger charge is -2.38. The highest BCUT2D eigenvalue weighted by atomic mass is 19.4. The lowest BCUT2D eigenvalue weighted by molar-refractivity contribution is -0.215. The van der Waals surface area contributed by atoms with Crippen LogP contribution in [0, 0.1) is 6.92 Å². The minimum atomic E-state index is -4.79. The van der Waals surface area contributed by atoms with E-state index >= 15 is 0 Å². The molecular formula is C17H26F3N3O4. The van der Waals surface area contributed by atoms with E-state index < -0.39 is 25.0 Å². The van der Waals surface area contributed by atoms with Gasteiger partial charge >= 0.3 is 12.3 Å². The topological polar surface area (TPSA) is 76.8 Å². The molecular weight excluding hydrogens is 367 g/mol. The third kappa shape index (κ3) is 4.73. The molecule has 0 saturated carbocycles. The van der Waals surface area contributed by atoms with Crippen molar-refractivity contribution in [1.82, 2.24) is 14.7 Å². The number of nitrogens with zero attached hydrogens (tertiary/aromatic N) is 3. The molecule has 0 aromatic carbocycles. The number of alkyl halides is 3. The molecule has 1 spiro atoms. The number of aliphatic hydroxyl groups excluding tert-OH is 1. The van der Waals surface area contributed by atoms with Gasteiger partial charge in [-0.1, -0.05) is 7.43 Å². The zero-order valence-corrected chi connectivity index (χ0v) is 14.4. The number of rotatable bonds is 3. The average Bonchev–Trinajstić information content (AvgIpc) is 3.19. The van der Waals surface area contributed by atoms with Crippen molar-refractivity contribution in [2.24, 2.45) is 0 Å². The first-order valence-corrected chi connectivity index (χ1v) is 8.51. The van der Waals surface area contributed by atoms with Crippen LogP contribution in [0.5, 0.6) is 0 Å². The van der Waals surface area contributed by atoms with E-state index in [1.165, 1.54) is 4.90 Å². The fraction of sp³-hybridized carbons (Fsp3) is 0.765. The first kappa shape index (κ1) is 21.5. The number of ether oxygens (including phenoxy) is 2. The van der Waals surface area contributed by atoms with Crippen LogP contribution < -0.4 is 0 Å². The van der Waals surface area contributed by atoms with Gasteiger partial charge in [0.2, 0.25) is 6.10 Å². The summed E-state index contributed by atoms with van der Waals surface area (Å²) < 4.78 is 50.1. The first-order valence-electron chi connectivity index (χ1n) is 8.51. The second-order valence-corrected chi connectivity index (χ2v) is 6.87. The third-order valence-corrected chi connectivity index (χ3v) is 5.01. The maximum atomic E-state index is 12.6. The zero-order chi connectivity index (χ0) is 18.9. The Morgan fingerprint density at radius 3 is 2.67 bits per heavy atom. The summed E-state index contributed by atoms with van der Waals surface area (Å²) in [7, 11) is 0. The summed E-state index contributed by atoms with van der Waals surface area (Å²) in [6, 6.07) is 2.04. The number of aliphatic hydroxyl groups is 1. The van der Waals surface area contributed by atoms with Crippen LogP contribution in [0.4, 0.5) is 18.0 Å². The molecule has 2 aliphatic rings. The van der Waals surface area contributed by atoms with Crippen molar-refractivity contribution in [2.45, 2.75) is 57.5 Å². The average molecular weight is 393 g/mol. The summed E-state index contributed by atoms with van der Waals surface area (Å²) in [5.41, 5.74) is 0.536. The molecule has 1 unspecified atom stereocenters. The number of aromatic nitrogens is 2. The predicted molar refractivity (Wildman–Crippen MR) is 90.2 cm³/mol. The van der Waals surface area contributed by atoms with Crippen LogP contribution in [-0.2, 0) is 9.47 Å². The summed E-state index contributed by atoms with van der Waals surface area (Å²) in [5.74, 6) is 0. The predicted octanol–water partition coefficient (Wildman–Crippen LogP) is 2.68. The standard InChI is InChI=1S/C16H22F3N3O4.CH4/c1-11-2-5-22(20-11)12-8-15(25-10-12)3-6-21(7-4-15)14(24)26-13(9-23)16(17,18)19;/h2,5,12-13,23H,3-4,6-10H2,1H3;1H4/t12?,13-;/m1./s1. The Kier molecular flexibility index (Phi) is 6.41. The van der Waals surface area contributed by atoms with Gasteiger partial charge < -0.3 is 19.5 Å². The number of piperidine rings is 1. The first-order chi connectivity index (χ1) is 12.2. The Morgan fingerprint density at radius 2 is 2.15 bits per heavy atom. The molecule has 3 rings (SSSR count). The van der Waals surface area contributed by atoms with Crippen LogP contribution in [-0.4, -0.2) is 70.1 Å². The molecule has 0 radical (unpaired) electrons. The quantitative estimate of drug-likeness (QED) is 0.855.